The zero-order valence-corrected chi connectivity index (χ0v) is 29.2. The molecular weight excluding hydrogens is 653 g/mol. The van der Waals surface area contributed by atoms with Gasteiger partial charge in [0.1, 0.15) is 0 Å². The van der Waals surface area contributed by atoms with Crippen molar-refractivity contribution >= 4 is 97.5 Å². The predicted octanol–water partition coefficient (Wildman–Crippen LogP) is 14.2. The van der Waals surface area contributed by atoms with Gasteiger partial charge in [-0.2, -0.15) is 0 Å². The van der Waals surface area contributed by atoms with Crippen molar-refractivity contribution in [2.24, 2.45) is 0 Å². The second-order valence-electron chi connectivity index (χ2n) is 14.4. The summed E-state index contributed by atoms with van der Waals surface area (Å²) >= 11 is 0. The van der Waals surface area contributed by atoms with Crippen LogP contribution in [0.2, 0.25) is 0 Å². The summed E-state index contributed by atoms with van der Waals surface area (Å²) in [4.78, 5) is 10.9. The van der Waals surface area contributed by atoms with Crippen LogP contribution in [-0.4, -0.2) is 9.97 Å². The highest BCUT2D eigenvalue weighted by molar-refractivity contribution is 6.29. The average Bonchev–Trinajstić information content (AvgIpc) is 3.26. The summed E-state index contributed by atoms with van der Waals surface area (Å²) in [5, 5.41) is 17.0. The molecule has 1 heterocycles. The van der Waals surface area contributed by atoms with E-state index in [0.717, 1.165) is 43.6 Å². The molecule has 0 unspecified atom stereocenters. The molecule has 0 fully saturated rings. The zero-order valence-electron chi connectivity index (χ0n) is 29.2. The van der Waals surface area contributed by atoms with Crippen molar-refractivity contribution in [1.29, 1.82) is 0 Å². The number of hydrogen-bond donors (Lipinski definition) is 0. The second kappa shape index (κ2) is 11.2. The fraction of sp³-hybridized carbons (Fsp3) is 0. The molecular formula is C52H30N2. The third kappa shape index (κ3) is 4.17. The topological polar surface area (TPSA) is 25.8 Å². The molecule has 0 saturated carbocycles. The molecule has 11 aromatic carbocycles. The fourth-order valence-corrected chi connectivity index (χ4v) is 9.08. The molecule has 0 N–H and O–H groups in total. The number of rotatable bonds is 2. The van der Waals surface area contributed by atoms with Gasteiger partial charge < -0.3 is 0 Å². The van der Waals surface area contributed by atoms with E-state index in [-0.39, 0.29) is 0 Å². The van der Waals surface area contributed by atoms with Gasteiger partial charge in [0.05, 0.1) is 22.1 Å². The van der Waals surface area contributed by atoms with Gasteiger partial charge in [-0.3, -0.25) is 0 Å². The molecule has 0 atom stereocenters. The second-order valence-corrected chi connectivity index (χ2v) is 14.4. The average molecular weight is 683 g/mol. The Morgan fingerprint density at radius 1 is 0.185 bits per heavy atom. The summed E-state index contributed by atoms with van der Waals surface area (Å²) in [6, 6.07) is 66.2. The van der Waals surface area contributed by atoms with E-state index in [4.69, 9.17) is 9.97 Å². The highest BCUT2D eigenvalue weighted by Crippen LogP contribution is 2.41. The van der Waals surface area contributed by atoms with Crippen molar-refractivity contribution in [3.8, 4) is 22.3 Å². The van der Waals surface area contributed by atoms with E-state index in [2.05, 4.69) is 182 Å². The molecule has 2 nitrogen and oxygen atoms in total. The Morgan fingerprint density at radius 2 is 0.444 bits per heavy atom. The van der Waals surface area contributed by atoms with Gasteiger partial charge >= 0.3 is 0 Å². The molecule has 12 rings (SSSR count). The number of aromatic nitrogens is 2. The molecule has 1 aromatic heterocycles. The summed E-state index contributed by atoms with van der Waals surface area (Å²) in [6.07, 6.45) is 0. The van der Waals surface area contributed by atoms with Crippen LogP contribution in [0, 0.1) is 0 Å². The van der Waals surface area contributed by atoms with Crippen LogP contribution in [0.4, 0.5) is 0 Å². The minimum absolute atomic E-state index is 0.938. The maximum atomic E-state index is 5.49. The highest BCUT2D eigenvalue weighted by Gasteiger charge is 2.17. The van der Waals surface area contributed by atoms with Gasteiger partial charge in [-0.15, -0.1) is 0 Å². The van der Waals surface area contributed by atoms with E-state index in [1.807, 2.05) is 0 Å². The fourth-order valence-electron chi connectivity index (χ4n) is 9.08. The Hall–Kier alpha value is -7.16. The van der Waals surface area contributed by atoms with Crippen molar-refractivity contribution < 1.29 is 0 Å². The Morgan fingerprint density at radius 3 is 0.870 bits per heavy atom. The van der Waals surface area contributed by atoms with Gasteiger partial charge in [-0.25, -0.2) is 9.97 Å². The molecule has 248 valence electrons. The van der Waals surface area contributed by atoms with Gasteiger partial charge in [0, 0.05) is 21.5 Å². The van der Waals surface area contributed by atoms with E-state index in [1.165, 1.54) is 76.1 Å². The van der Waals surface area contributed by atoms with Crippen molar-refractivity contribution in [2.75, 3.05) is 0 Å². The van der Waals surface area contributed by atoms with E-state index in [0.29, 0.717) is 0 Å². The van der Waals surface area contributed by atoms with Crippen LogP contribution in [0.3, 0.4) is 0 Å². The van der Waals surface area contributed by atoms with Gasteiger partial charge in [0.15, 0.2) is 0 Å². The van der Waals surface area contributed by atoms with Gasteiger partial charge in [-0.1, -0.05) is 164 Å². The molecule has 0 bridgehead atoms. The molecule has 0 aliphatic rings. The molecule has 12 aromatic rings. The molecule has 0 amide bonds. The van der Waals surface area contributed by atoms with Crippen LogP contribution in [0.15, 0.2) is 182 Å². The molecule has 0 aliphatic carbocycles. The lowest BCUT2D eigenvalue weighted by atomic mass is 9.91. The first kappa shape index (κ1) is 29.4. The third-order valence-electron chi connectivity index (χ3n) is 11.6. The number of benzene rings is 11. The van der Waals surface area contributed by atoms with Crippen molar-refractivity contribution in [3.05, 3.63) is 182 Å². The molecule has 0 spiro atoms. The Balaban J connectivity index is 1.07. The SMILES string of the molecule is c1cc(-c2ccc3c4ccccc4c4ccccc4c3c2)cc(-c2ccc3c(c2)c2ccccc2c2nc4c5ccccc5c5ccccc5c4nc32)c1. The lowest BCUT2D eigenvalue weighted by molar-refractivity contribution is 1.44. The quantitative estimate of drug-likeness (QED) is 0.134. The molecule has 54 heavy (non-hydrogen) atoms. The summed E-state index contributed by atoms with van der Waals surface area (Å²) in [5.74, 6) is 0. The van der Waals surface area contributed by atoms with Crippen LogP contribution < -0.4 is 0 Å². The van der Waals surface area contributed by atoms with Crippen molar-refractivity contribution in [2.45, 2.75) is 0 Å². The Kier molecular flexibility index (Phi) is 6.09. The van der Waals surface area contributed by atoms with E-state index in [9.17, 15) is 0 Å². The monoisotopic (exact) mass is 682 g/mol. The summed E-state index contributed by atoms with van der Waals surface area (Å²) in [6.45, 7) is 0. The third-order valence-corrected chi connectivity index (χ3v) is 11.6. The minimum atomic E-state index is 0.938. The smallest absolute Gasteiger partial charge is 0.0979 e. The maximum Gasteiger partial charge on any atom is 0.0979 e. The highest BCUT2D eigenvalue weighted by atomic mass is 14.8. The largest absolute Gasteiger partial charge is 0.243 e. The molecule has 0 aliphatic heterocycles. The Labute approximate surface area is 310 Å². The zero-order chi connectivity index (χ0) is 35.3. The van der Waals surface area contributed by atoms with Gasteiger partial charge in [-0.05, 0) is 94.3 Å². The predicted molar refractivity (Wildman–Crippen MR) is 230 cm³/mol. The Bertz CT molecular complexity index is 3530. The van der Waals surface area contributed by atoms with Crippen LogP contribution in [0.1, 0.15) is 0 Å². The molecule has 0 radical (unpaired) electrons. The summed E-state index contributed by atoms with van der Waals surface area (Å²) in [5.41, 5.74) is 8.55. The first-order valence-corrected chi connectivity index (χ1v) is 18.6. The van der Waals surface area contributed by atoms with E-state index < -0.39 is 0 Å². The van der Waals surface area contributed by atoms with Crippen LogP contribution in [0.25, 0.3) is 120 Å². The number of hydrogen-bond acceptors (Lipinski definition) is 2. The summed E-state index contributed by atoms with van der Waals surface area (Å²) < 4.78 is 0. The lowest BCUT2D eigenvalue weighted by Gasteiger charge is -2.14. The van der Waals surface area contributed by atoms with Crippen LogP contribution >= 0.6 is 0 Å². The first-order valence-electron chi connectivity index (χ1n) is 18.6. The van der Waals surface area contributed by atoms with Crippen molar-refractivity contribution in [3.63, 3.8) is 0 Å². The van der Waals surface area contributed by atoms with E-state index >= 15 is 0 Å². The molecule has 0 saturated heterocycles. The normalized spacial score (nSPS) is 12.1. The van der Waals surface area contributed by atoms with Crippen molar-refractivity contribution in [1.82, 2.24) is 9.97 Å². The van der Waals surface area contributed by atoms with Crippen LogP contribution in [-0.2, 0) is 0 Å². The number of fused-ring (bicyclic) bond motifs is 18. The lowest BCUT2D eigenvalue weighted by Crippen LogP contribution is -1.94. The van der Waals surface area contributed by atoms with Crippen LogP contribution in [0.5, 0.6) is 0 Å². The molecule has 2 heteroatoms. The van der Waals surface area contributed by atoms with E-state index in [1.54, 1.807) is 0 Å². The standard InChI is InChI=1S/C52H30N2/c1-2-16-37-35(14-1)36-15-3-4-19-40(36)47-29-33(24-26-42(37)47)31-12-11-13-32(28-31)34-25-27-46-48(30-34)41-20-7-10-23-45(41)51-52(46)54-50-44-22-9-6-18-39(44)38-17-5-8-21-43(38)49(50)53-51/h1-30H. The van der Waals surface area contributed by atoms with Gasteiger partial charge in [0.25, 0.3) is 0 Å². The van der Waals surface area contributed by atoms with Gasteiger partial charge in [0.2, 0.25) is 0 Å². The number of nitrogens with zero attached hydrogens (tertiary/aromatic N) is 2. The maximum absolute atomic E-state index is 5.49. The minimum Gasteiger partial charge on any atom is -0.243 e. The first-order chi connectivity index (χ1) is 26.8. The summed E-state index contributed by atoms with van der Waals surface area (Å²) in [7, 11) is 0.